The van der Waals surface area contributed by atoms with E-state index in [1.54, 1.807) is 0 Å². The molecule has 0 bridgehead atoms. The first-order valence-corrected chi connectivity index (χ1v) is 7.39. The summed E-state index contributed by atoms with van der Waals surface area (Å²) >= 11 is 0. The fourth-order valence-electron chi connectivity index (χ4n) is 0.208. The Morgan fingerprint density at radius 1 is 0.684 bits per heavy atom. The third kappa shape index (κ3) is 3.06. The predicted molar refractivity (Wildman–Crippen MR) is 62.4 cm³/mol. The molecule has 0 heterocycles. The standard InChI is InChI=1S/C6H10.6CO.Co/c1-5-6(2,3)4;6*1-2;/h1H,2-4H3;;;;;;;. The number of rotatable bonds is 0. The summed E-state index contributed by atoms with van der Waals surface area (Å²) in [5.41, 5.74) is 0.0694. The van der Waals surface area contributed by atoms with E-state index in [4.69, 9.17) is 6.42 Å². The molecular weight excluding hydrogens is 299 g/mol. The van der Waals surface area contributed by atoms with Gasteiger partial charge in [-0.1, -0.05) is 0 Å². The molecule has 0 aromatic heterocycles. The molecular formula is C12H10CoO6. The fourth-order valence-corrected chi connectivity index (χ4v) is 0.859. The Labute approximate surface area is 104 Å². The van der Waals surface area contributed by atoms with Gasteiger partial charge in [0.1, 0.15) is 0 Å². The third-order valence-electron chi connectivity index (χ3n) is 1.45. The fraction of sp³-hybridized carbons (Fsp3) is 0.333. The summed E-state index contributed by atoms with van der Waals surface area (Å²) in [6, 6.07) is 0. The van der Waals surface area contributed by atoms with Crippen molar-refractivity contribution in [2.75, 3.05) is 0 Å². The monoisotopic (exact) mass is 309 g/mol. The van der Waals surface area contributed by atoms with Crippen molar-refractivity contribution in [1.82, 2.24) is 0 Å². The van der Waals surface area contributed by atoms with Gasteiger partial charge < -0.3 is 0 Å². The zero-order chi connectivity index (χ0) is 15.9. The molecule has 0 aliphatic carbocycles. The molecule has 0 rings (SSSR count). The molecule has 0 saturated carbocycles. The average Bonchev–Trinajstić information content (AvgIpc) is 2.45. The van der Waals surface area contributed by atoms with E-state index >= 15 is 0 Å². The van der Waals surface area contributed by atoms with Gasteiger partial charge in [-0.05, 0) is 20.8 Å². The van der Waals surface area contributed by atoms with Crippen molar-refractivity contribution >= 4 is 28.9 Å². The summed E-state index contributed by atoms with van der Waals surface area (Å²) in [5.74, 6) is 2.60. The van der Waals surface area contributed by atoms with Gasteiger partial charge in [-0.2, -0.15) is 0 Å². The van der Waals surface area contributed by atoms with Gasteiger partial charge in [0.15, 0.2) is 0 Å². The van der Waals surface area contributed by atoms with E-state index in [0.717, 1.165) is 0 Å². The van der Waals surface area contributed by atoms with Crippen molar-refractivity contribution in [2.24, 2.45) is 5.41 Å². The maximum absolute atomic E-state index is 10.2. The summed E-state index contributed by atoms with van der Waals surface area (Å²) in [6.07, 6.45) is 5.06. The van der Waals surface area contributed by atoms with Gasteiger partial charge in [0, 0.05) is 5.41 Å². The molecule has 0 N–H and O–H groups in total. The van der Waals surface area contributed by atoms with E-state index in [1.165, 1.54) is 0 Å². The molecule has 7 heteroatoms. The van der Waals surface area contributed by atoms with Crippen molar-refractivity contribution in [3.63, 3.8) is 0 Å². The Hall–Kier alpha value is -2.45. The zero-order valence-corrected chi connectivity index (χ0v) is 11.4. The molecule has 0 aliphatic heterocycles. The van der Waals surface area contributed by atoms with E-state index in [9.17, 15) is 28.8 Å². The van der Waals surface area contributed by atoms with Gasteiger partial charge in [-0.15, -0.1) is 12.3 Å². The van der Waals surface area contributed by atoms with Crippen LogP contribution in [0.1, 0.15) is 20.8 Å². The maximum atomic E-state index is 10.2. The second-order valence-corrected chi connectivity index (χ2v) is 9.23. The summed E-state index contributed by atoms with van der Waals surface area (Å²) in [5, 5.41) is 0. The van der Waals surface area contributed by atoms with Crippen molar-refractivity contribution < 1.29 is 36.7 Å². The normalized spacial score (nSPS) is 12.7. The first-order valence-electron chi connectivity index (χ1n) is 4.26. The number of terminal acetylenes is 1. The van der Waals surface area contributed by atoms with Gasteiger partial charge in [0.2, 0.25) is 0 Å². The van der Waals surface area contributed by atoms with E-state index in [2.05, 4.69) is 5.92 Å². The molecule has 0 spiro atoms. The molecule has 103 valence electrons. The second-order valence-electron chi connectivity index (χ2n) is 4.05. The topological polar surface area (TPSA) is 102 Å². The molecule has 0 aromatic rings. The Morgan fingerprint density at radius 3 is 0.842 bits per heavy atom. The first kappa shape index (κ1) is 18.9. The number of hydrogen-bond donors (Lipinski definition) is 0. The van der Waals surface area contributed by atoms with Gasteiger partial charge in [-0.25, -0.2) is 0 Å². The molecule has 0 aromatic carbocycles. The van der Waals surface area contributed by atoms with Crippen LogP contribution >= 0.6 is 0 Å². The molecule has 0 unspecified atom stereocenters. The Morgan fingerprint density at radius 2 is 0.842 bits per heavy atom. The Bertz CT molecular complexity index is 967. The van der Waals surface area contributed by atoms with Gasteiger partial charge >= 0.3 is 65.6 Å². The van der Waals surface area contributed by atoms with E-state index < -0.39 is 7.92 Å². The SMILES string of the molecule is C#CC(C)(C)C.O=[C]=[Co](=[C]=O)(=[C]=O)(=[C]=O)(=[C]=O)=[C]=O. The minimum atomic E-state index is -6.70. The second kappa shape index (κ2) is 5.04. The van der Waals surface area contributed by atoms with Gasteiger partial charge in [0.25, 0.3) is 0 Å². The van der Waals surface area contributed by atoms with Crippen LogP contribution in [0.15, 0.2) is 0 Å². The summed E-state index contributed by atoms with van der Waals surface area (Å²) in [4.78, 5) is 64.2. The Kier molecular flexibility index (Phi) is 5.01. The number of hydrogen-bond acceptors (Lipinski definition) is 6. The van der Waals surface area contributed by atoms with Crippen LogP contribution in [0.5, 0.6) is 0 Å². The van der Waals surface area contributed by atoms with E-state index in [1.807, 2.05) is 20.8 Å². The van der Waals surface area contributed by atoms with Crippen LogP contribution in [0.4, 0.5) is 0 Å². The third-order valence-corrected chi connectivity index (χ3v) is 4.64. The molecule has 0 saturated heterocycles. The molecule has 0 radical (unpaired) electrons. The average molecular weight is 309 g/mol. The molecule has 0 aliphatic rings. The van der Waals surface area contributed by atoms with Crippen LogP contribution in [0.3, 0.4) is 0 Å². The van der Waals surface area contributed by atoms with Crippen molar-refractivity contribution in [1.29, 1.82) is 0 Å². The molecule has 0 atom stereocenters. The first-order chi connectivity index (χ1) is 8.54. The predicted octanol–water partition coefficient (Wildman–Crippen LogP) is -0.719. The van der Waals surface area contributed by atoms with Crippen LogP contribution < -0.4 is 0 Å². The van der Waals surface area contributed by atoms with E-state index in [0.29, 0.717) is 28.9 Å². The van der Waals surface area contributed by atoms with Crippen LogP contribution in [0.2, 0.25) is 0 Å². The van der Waals surface area contributed by atoms with Gasteiger partial charge in [0.05, 0.1) is 0 Å². The van der Waals surface area contributed by atoms with Crippen LogP contribution in [-0.4, -0.2) is 28.9 Å². The quantitative estimate of drug-likeness (QED) is 0.547. The summed E-state index contributed by atoms with van der Waals surface area (Å²) in [6.45, 7) is 6.02. The summed E-state index contributed by atoms with van der Waals surface area (Å²) in [7, 11) is -6.70. The van der Waals surface area contributed by atoms with Crippen molar-refractivity contribution in [3.05, 3.63) is 0 Å². The molecule has 0 fully saturated rings. The number of carbonyl (C=O) groups excluding carboxylic acids is 6. The minimum absolute atomic E-state index is 0.0694. The van der Waals surface area contributed by atoms with Crippen LogP contribution in [0, 0.1) is 17.8 Å². The Balaban J connectivity index is 0. The van der Waals surface area contributed by atoms with Crippen LogP contribution in [0.25, 0.3) is 0 Å². The van der Waals surface area contributed by atoms with Crippen LogP contribution in [-0.2, 0) is 36.7 Å². The van der Waals surface area contributed by atoms with Gasteiger partial charge in [-0.3, -0.25) is 0 Å². The molecule has 0 amide bonds. The van der Waals surface area contributed by atoms with E-state index in [-0.39, 0.29) is 5.41 Å². The summed E-state index contributed by atoms with van der Waals surface area (Å²) < 4.78 is 0. The zero-order valence-electron chi connectivity index (χ0n) is 10.4. The molecule has 6 nitrogen and oxygen atoms in total. The van der Waals surface area contributed by atoms with Crippen molar-refractivity contribution in [2.45, 2.75) is 20.8 Å². The molecule has 19 heavy (non-hydrogen) atoms. The van der Waals surface area contributed by atoms with Crippen molar-refractivity contribution in [3.8, 4) is 12.3 Å².